The minimum Gasteiger partial charge on any atom is -0.478 e. The van der Waals surface area contributed by atoms with E-state index >= 15 is 0 Å². The number of urea groups is 1. The van der Waals surface area contributed by atoms with Crippen molar-refractivity contribution < 1.29 is 19.5 Å². The number of aliphatic carboxylic acids is 1. The number of piperazine rings is 1. The third-order valence-electron chi connectivity index (χ3n) is 4.89. The maximum Gasteiger partial charge on any atom is 0.328 e. The number of halogens is 1. The van der Waals surface area contributed by atoms with Crippen LogP contribution in [0.5, 0.6) is 0 Å². The minimum atomic E-state index is -0.997. The van der Waals surface area contributed by atoms with Crippen LogP contribution in [0.25, 0.3) is 12.2 Å². The number of hydrogen-bond acceptors (Lipinski definition) is 4. The molecule has 2 aromatic rings. The fraction of sp³-hybridized carbons (Fsp3) is 0.174. The molecule has 0 atom stereocenters. The Morgan fingerprint density at radius 3 is 1.81 bits per heavy atom. The number of nitrogens with two attached hydrogens (primary N) is 1. The molecule has 0 spiro atoms. The molecular weight excluding hydrogens is 418 g/mol. The lowest BCUT2D eigenvalue weighted by Gasteiger charge is -2.35. The Balaban J connectivity index is 0.00000341. The molecule has 3 rings (SSSR count). The van der Waals surface area contributed by atoms with Crippen LogP contribution in [0.15, 0.2) is 60.7 Å². The Kier molecular flexibility index (Phi) is 8.40. The van der Waals surface area contributed by atoms with Gasteiger partial charge in [0.2, 0.25) is 0 Å². The van der Waals surface area contributed by atoms with E-state index in [2.05, 4.69) is 4.90 Å². The lowest BCUT2D eigenvalue weighted by molar-refractivity contribution is -0.131. The maximum absolute atomic E-state index is 12.4. The number of ketones is 1. The molecule has 2 aromatic carbocycles. The second kappa shape index (κ2) is 11.0. The van der Waals surface area contributed by atoms with E-state index in [0.29, 0.717) is 31.7 Å². The summed E-state index contributed by atoms with van der Waals surface area (Å²) in [5.74, 6) is -1.10. The Bertz CT molecular complexity index is 977. The Morgan fingerprint density at radius 1 is 0.806 bits per heavy atom. The molecule has 1 aliphatic rings. The zero-order valence-electron chi connectivity index (χ0n) is 16.8. The molecule has 31 heavy (non-hydrogen) atoms. The van der Waals surface area contributed by atoms with Crippen molar-refractivity contribution in [1.82, 2.24) is 4.90 Å². The molecule has 0 radical (unpaired) electrons. The average Bonchev–Trinajstić information content (AvgIpc) is 2.77. The molecule has 7 nitrogen and oxygen atoms in total. The smallest absolute Gasteiger partial charge is 0.328 e. The summed E-state index contributed by atoms with van der Waals surface area (Å²) in [6.45, 7) is 2.58. The van der Waals surface area contributed by atoms with Crippen LogP contribution in [0.3, 0.4) is 0 Å². The third kappa shape index (κ3) is 6.72. The highest BCUT2D eigenvalue weighted by molar-refractivity contribution is 6.07. The summed E-state index contributed by atoms with van der Waals surface area (Å²) in [5.41, 5.74) is 8.52. The number of carboxylic acids is 1. The van der Waals surface area contributed by atoms with Crippen LogP contribution in [0.1, 0.15) is 21.5 Å². The number of allylic oxidation sites excluding steroid dienone is 1. The van der Waals surface area contributed by atoms with Crippen molar-refractivity contribution in [3.05, 3.63) is 77.4 Å². The van der Waals surface area contributed by atoms with Gasteiger partial charge in [-0.2, -0.15) is 0 Å². The van der Waals surface area contributed by atoms with Crippen molar-refractivity contribution in [3.8, 4) is 0 Å². The van der Waals surface area contributed by atoms with Crippen LogP contribution in [0.2, 0.25) is 0 Å². The Hall–Kier alpha value is -3.58. The summed E-state index contributed by atoms with van der Waals surface area (Å²) in [6, 6.07) is 14.2. The third-order valence-corrected chi connectivity index (χ3v) is 4.89. The predicted molar refractivity (Wildman–Crippen MR) is 124 cm³/mol. The zero-order chi connectivity index (χ0) is 21.5. The van der Waals surface area contributed by atoms with Gasteiger partial charge in [0.15, 0.2) is 5.78 Å². The van der Waals surface area contributed by atoms with Crippen molar-refractivity contribution in [2.75, 3.05) is 31.1 Å². The molecule has 2 amide bonds. The summed E-state index contributed by atoms with van der Waals surface area (Å²) < 4.78 is 0. The number of carbonyl (C=O) groups is 3. The highest BCUT2D eigenvalue weighted by atomic mass is 35.5. The Labute approximate surface area is 186 Å². The number of carboxylic acid groups (broad SMARTS) is 1. The second-order valence-corrected chi connectivity index (χ2v) is 6.90. The van der Waals surface area contributed by atoms with Crippen LogP contribution >= 0.6 is 12.4 Å². The van der Waals surface area contributed by atoms with E-state index in [1.165, 1.54) is 12.2 Å². The van der Waals surface area contributed by atoms with Crippen molar-refractivity contribution >= 4 is 48.0 Å². The van der Waals surface area contributed by atoms with E-state index in [0.717, 1.165) is 22.9 Å². The summed E-state index contributed by atoms with van der Waals surface area (Å²) in [4.78, 5) is 38.0. The van der Waals surface area contributed by atoms with Crippen LogP contribution in [0, 0.1) is 0 Å². The summed E-state index contributed by atoms with van der Waals surface area (Å²) in [6.07, 6.45) is 5.83. The molecule has 8 heteroatoms. The molecule has 1 saturated heterocycles. The van der Waals surface area contributed by atoms with E-state index in [4.69, 9.17) is 10.8 Å². The first-order chi connectivity index (χ1) is 14.4. The van der Waals surface area contributed by atoms with E-state index < -0.39 is 12.0 Å². The first kappa shape index (κ1) is 23.7. The summed E-state index contributed by atoms with van der Waals surface area (Å²) in [5, 5.41) is 8.65. The molecule has 0 aromatic heterocycles. The highest BCUT2D eigenvalue weighted by Crippen LogP contribution is 2.18. The zero-order valence-corrected chi connectivity index (χ0v) is 17.6. The predicted octanol–water partition coefficient (Wildman–Crippen LogP) is 3.30. The monoisotopic (exact) mass is 441 g/mol. The second-order valence-electron chi connectivity index (χ2n) is 6.90. The van der Waals surface area contributed by atoms with E-state index in [9.17, 15) is 14.4 Å². The quantitative estimate of drug-likeness (QED) is 0.528. The number of hydrogen-bond donors (Lipinski definition) is 2. The number of benzene rings is 2. The number of carbonyl (C=O) groups excluding carboxylic acids is 2. The lowest BCUT2D eigenvalue weighted by Crippen LogP contribution is -2.50. The molecule has 3 N–H and O–H groups in total. The van der Waals surface area contributed by atoms with E-state index in [1.807, 2.05) is 24.3 Å². The summed E-state index contributed by atoms with van der Waals surface area (Å²) >= 11 is 0. The first-order valence-electron chi connectivity index (χ1n) is 9.55. The minimum absolute atomic E-state index is 0. The van der Waals surface area contributed by atoms with Gasteiger partial charge in [-0.1, -0.05) is 30.3 Å². The molecule has 1 fully saturated rings. The van der Waals surface area contributed by atoms with Gasteiger partial charge in [0.1, 0.15) is 0 Å². The molecule has 0 unspecified atom stereocenters. The fourth-order valence-corrected chi connectivity index (χ4v) is 3.18. The average molecular weight is 442 g/mol. The number of primary amides is 1. The first-order valence-corrected chi connectivity index (χ1v) is 9.55. The van der Waals surface area contributed by atoms with Crippen LogP contribution < -0.4 is 10.6 Å². The SMILES string of the molecule is Cl.NC(=O)N1CCN(c2ccc(C(=O)/C=C/c3ccc(C=CC(=O)O)cc3)cc2)CC1. The lowest BCUT2D eigenvalue weighted by atomic mass is 10.1. The van der Waals surface area contributed by atoms with Crippen molar-refractivity contribution in [1.29, 1.82) is 0 Å². The van der Waals surface area contributed by atoms with Crippen molar-refractivity contribution in [2.45, 2.75) is 0 Å². The van der Waals surface area contributed by atoms with Gasteiger partial charge >= 0.3 is 12.0 Å². The molecule has 0 bridgehead atoms. The largest absolute Gasteiger partial charge is 0.478 e. The van der Waals surface area contributed by atoms with Crippen LogP contribution in [0.4, 0.5) is 10.5 Å². The van der Waals surface area contributed by atoms with Gasteiger partial charge < -0.3 is 20.6 Å². The number of nitrogens with zero attached hydrogens (tertiary/aromatic N) is 2. The van der Waals surface area contributed by atoms with Gasteiger partial charge in [0.05, 0.1) is 0 Å². The van der Waals surface area contributed by atoms with Gasteiger partial charge in [0, 0.05) is 43.5 Å². The molecule has 1 aliphatic heterocycles. The number of rotatable bonds is 6. The molecule has 0 aliphatic carbocycles. The van der Waals surface area contributed by atoms with Gasteiger partial charge in [-0.25, -0.2) is 9.59 Å². The maximum atomic E-state index is 12.4. The van der Waals surface area contributed by atoms with Crippen LogP contribution in [-0.2, 0) is 4.79 Å². The van der Waals surface area contributed by atoms with Gasteiger partial charge in [-0.15, -0.1) is 12.4 Å². The van der Waals surface area contributed by atoms with Gasteiger partial charge in [-0.05, 0) is 47.5 Å². The molecular formula is C23H24ClN3O4. The highest BCUT2D eigenvalue weighted by Gasteiger charge is 2.19. The van der Waals surface area contributed by atoms with E-state index in [-0.39, 0.29) is 18.2 Å². The van der Waals surface area contributed by atoms with Crippen LogP contribution in [-0.4, -0.2) is 54.0 Å². The van der Waals surface area contributed by atoms with Crippen molar-refractivity contribution in [2.24, 2.45) is 5.73 Å². The molecule has 1 heterocycles. The standard InChI is InChI=1S/C23H23N3O4.ClH/c24-23(30)26-15-13-25(14-16-26)20-9-7-19(8-10-20)21(27)11-5-17-1-3-18(4-2-17)6-12-22(28)29;/h1-12H,13-16H2,(H2,24,30)(H,28,29);1H/b11-5+,12-6?;. The summed E-state index contributed by atoms with van der Waals surface area (Å²) in [7, 11) is 0. The van der Waals surface area contributed by atoms with Crippen molar-refractivity contribution in [3.63, 3.8) is 0 Å². The van der Waals surface area contributed by atoms with Gasteiger partial charge in [-0.3, -0.25) is 4.79 Å². The number of anilines is 1. The molecule has 162 valence electrons. The van der Waals surface area contributed by atoms with E-state index in [1.54, 1.807) is 35.2 Å². The molecule has 0 saturated carbocycles. The fourth-order valence-electron chi connectivity index (χ4n) is 3.18. The number of amides is 2. The topological polar surface area (TPSA) is 104 Å². The van der Waals surface area contributed by atoms with Gasteiger partial charge in [0.25, 0.3) is 0 Å². The Morgan fingerprint density at radius 2 is 1.32 bits per heavy atom. The normalized spacial score (nSPS) is 13.9.